The van der Waals surface area contributed by atoms with Gasteiger partial charge in [-0.05, 0) is 24.6 Å². The fourth-order valence-electron chi connectivity index (χ4n) is 1.26. The third-order valence-corrected chi connectivity index (χ3v) is 2.32. The number of phenolic OH excluding ortho intramolecular Hbond substituents is 1. The fraction of sp³-hybridized carbons (Fsp3) is 0.231. The molecule has 0 amide bonds. The lowest BCUT2D eigenvalue weighted by Gasteiger charge is -2.14. The zero-order chi connectivity index (χ0) is 14.4. The van der Waals surface area contributed by atoms with Gasteiger partial charge in [0, 0.05) is 12.0 Å². The molecular formula is C13H15NO5. The van der Waals surface area contributed by atoms with Crippen LogP contribution in [-0.4, -0.2) is 28.2 Å². The predicted molar refractivity (Wildman–Crippen MR) is 67.3 cm³/mol. The number of hydrogen-bond acceptors (Lipinski definition) is 5. The minimum atomic E-state index is -1.15. The number of hydrogen-bond donors (Lipinski definition) is 3. The van der Waals surface area contributed by atoms with Gasteiger partial charge >= 0.3 is 11.9 Å². The summed E-state index contributed by atoms with van der Waals surface area (Å²) in [5, 5.41) is 18.1. The summed E-state index contributed by atoms with van der Waals surface area (Å²) in [6, 6.07) is 5.01. The first kappa shape index (κ1) is 14.7. The maximum atomic E-state index is 11.2. The molecule has 1 atom stereocenters. The third kappa shape index (κ3) is 4.81. The van der Waals surface area contributed by atoms with Gasteiger partial charge in [-0.25, -0.2) is 4.79 Å². The first-order chi connectivity index (χ1) is 8.90. The Labute approximate surface area is 110 Å². The van der Waals surface area contributed by atoms with Gasteiger partial charge in [0.2, 0.25) is 0 Å². The Morgan fingerprint density at radius 2 is 1.95 bits per heavy atom. The molecule has 6 heteroatoms. The van der Waals surface area contributed by atoms with Gasteiger partial charge in [-0.3, -0.25) is 4.79 Å². The number of carbonyl (C=O) groups excluding carboxylic acids is 1. The molecular weight excluding hydrogens is 250 g/mol. The van der Waals surface area contributed by atoms with Crippen molar-refractivity contribution in [3.63, 3.8) is 0 Å². The number of hydroxylamine groups is 1. The lowest BCUT2D eigenvalue weighted by Crippen LogP contribution is -2.40. The Balaban J connectivity index is 2.63. The van der Waals surface area contributed by atoms with Crippen molar-refractivity contribution in [2.75, 3.05) is 0 Å². The predicted octanol–water partition coefficient (Wildman–Crippen LogP) is 1.01. The molecule has 19 heavy (non-hydrogen) atoms. The Kier molecular flexibility index (Phi) is 5.08. The highest BCUT2D eigenvalue weighted by Gasteiger charge is 2.20. The van der Waals surface area contributed by atoms with Crippen molar-refractivity contribution in [2.45, 2.75) is 19.4 Å². The average Bonchev–Trinajstić information content (AvgIpc) is 2.35. The number of carboxylic acid groups (broad SMARTS) is 1. The van der Waals surface area contributed by atoms with Gasteiger partial charge in [0.15, 0.2) is 0 Å². The summed E-state index contributed by atoms with van der Waals surface area (Å²) in [6.45, 7) is 4.84. The van der Waals surface area contributed by atoms with Gasteiger partial charge in [-0.1, -0.05) is 18.7 Å². The van der Waals surface area contributed by atoms with Crippen LogP contribution in [0.5, 0.6) is 5.75 Å². The fourth-order valence-corrected chi connectivity index (χ4v) is 1.26. The van der Waals surface area contributed by atoms with Crippen LogP contribution < -0.4 is 5.48 Å². The van der Waals surface area contributed by atoms with E-state index in [0.717, 1.165) is 0 Å². The molecule has 0 saturated heterocycles. The Hall–Kier alpha value is -2.34. The van der Waals surface area contributed by atoms with E-state index in [2.05, 4.69) is 16.9 Å². The highest BCUT2D eigenvalue weighted by atomic mass is 16.7. The molecule has 0 bridgehead atoms. The molecule has 1 aromatic carbocycles. The molecule has 0 spiro atoms. The quantitative estimate of drug-likeness (QED) is 0.525. The van der Waals surface area contributed by atoms with E-state index < -0.39 is 18.0 Å². The molecule has 0 heterocycles. The molecule has 0 unspecified atom stereocenters. The monoisotopic (exact) mass is 265 g/mol. The highest BCUT2D eigenvalue weighted by Crippen LogP contribution is 2.11. The Morgan fingerprint density at radius 3 is 2.42 bits per heavy atom. The standard InChI is InChI=1S/C13H15NO5/c1-8(2)13(18)19-14-11(12(16)17)7-9-3-5-10(15)6-4-9/h3-6,11,14-15H,1,7H2,2H3,(H,16,17)/t11-/m0/s1. The number of nitrogens with one attached hydrogen (secondary N) is 1. The second-order valence-electron chi connectivity index (χ2n) is 4.05. The first-order valence-corrected chi connectivity index (χ1v) is 5.53. The van der Waals surface area contributed by atoms with E-state index in [0.29, 0.717) is 5.56 Å². The van der Waals surface area contributed by atoms with Crippen LogP contribution in [-0.2, 0) is 20.8 Å². The van der Waals surface area contributed by atoms with Crippen LogP contribution in [0.2, 0.25) is 0 Å². The molecule has 102 valence electrons. The van der Waals surface area contributed by atoms with Crippen LogP contribution in [0, 0.1) is 0 Å². The highest BCUT2D eigenvalue weighted by molar-refractivity contribution is 5.87. The van der Waals surface area contributed by atoms with Crippen molar-refractivity contribution in [1.29, 1.82) is 0 Å². The molecule has 0 fully saturated rings. The van der Waals surface area contributed by atoms with E-state index in [-0.39, 0.29) is 17.7 Å². The van der Waals surface area contributed by atoms with Gasteiger partial charge in [0.05, 0.1) is 0 Å². The Morgan fingerprint density at radius 1 is 1.37 bits per heavy atom. The minimum Gasteiger partial charge on any atom is -0.508 e. The van der Waals surface area contributed by atoms with Crippen LogP contribution in [0.15, 0.2) is 36.4 Å². The van der Waals surface area contributed by atoms with Gasteiger partial charge in [0.1, 0.15) is 11.8 Å². The number of carbonyl (C=O) groups is 2. The van der Waals surface area contributed by atoms with E-state index >= 15 is 0 Å². The number of aliphatic carboxylic acids is 1. The number of phenols is 1. The maximum Gasteiger partial charge on any atom is 0.351 e. The number of benzene rings is 1. The second-order valence-corrected chi connectivity index (χ2v) is 4.05. The summed E-state index contributed by atoms with van der Waals surface area (Å²) in [5.74, 6) is -1.77. The van der Waals surface area contributed by atoms with E-state index in [9.17, 15) is 9.59 Å². The molecule has 6 nitrogen and oxygen atoms in total. The summed E-state index contributed by atoms with van der Waals surface area (Å²) in [5.41, 5.74) is 3.04. The van der Waals surface area contributed by atoms with Crippen LogP contribution in [0.25, 0.3) is 0 Å². The molecule has 0 aromatic heterocycles. The normalized spacial score (nSPS) is 11.6. The molecule has 0 aliphatic heterocycles. The van der Waals surface area contributed by atoms with E-state index in [1.807, 2.05) is 0 Å². The smallest absolute Gasteiger partial charge is 0.351 e. The molecule has 0 radical (unpaired) electrons. The van der Waals surface area contributed by atoms with Crippen molar-refractivity contribution in [3.05, 3.63) is 42.0 Å². The van der Waals surface area contributed by atoms with Crippen LogP contribution in [0.3, 0.4) is 0 Å². The van der Waals surface area contributed by atoms with Crippen molar-refractivity contribution < 1.29 is 24.6 Å². The second kappa shape index (κ2) is 6.55. The molecule has 3 N–H and O–H groups in total. The van der Waals surface area contributed by atoms with E-state index in [1.165, 1.54) is 19.1 Å². The van der Waals surface area contributed by atoms with Crippen molar-refractivity contribution in [3.8, 4) is 5.75 Å². The lowest BCUT2D eigenvalue weighted by atomic mass is 10.1. The van der Waals surface area contributed by atoms with E-state index in [4.69, 9.17) is 10.2 Å². The van der Waals surface area contributed by atoms with Crippen molar-refractivity contribution >= 4 is 11.9 Å². The summed E-state index contributed by atoms with van der Waals surface area (Å²) < 4.78 is 0. The minimum absolute atomic E-state index is 0.0947. The van der Waals surface area contributed by atoms with Crippen LogP contribution in [0.4, 0.5) is 0 Å². The van der Waals surface area contributed by atoms with Crippen LogP contribution in [0.1, 0.15) is 12.5 Å². The largest absolute Gasteiger partial charge is 0.508 e. The number of rotatable bonds is 6. The van der Waals surface area contributed by atoms with Crippen molar-refractivity contribution in [1.82, 2.24) is 5.48 Å². The zero-order valence-corrected chi connectivity index (χ0v) is 10.4. The first-order valence-electron chi connectivity index (χ1n) is 5.53. The third-order valence-electron chi connectivity index (χ3n) is 2.32. The Bertz CT molecular complexity index is 480. The zero-order valence-electron chi connectivity index (χ0n) is 10.4. The summed E-state index contributed by atoms with van der Waals surface area (Å²) >= 11 is 0. The SMILES string of the molecule is C=C(C)C(=O)ON[C@@H](Cc1ccc(O)cc1)C(=O)O. The topological polar surface area (TPSA) is 95.9 Å². The molecule has 0 aliphatic rings. The van der Waals surface area contributed by atoms with Gasteiger partial charge in [-0.2, -0.15) is 0 Å². The average molecular weight is 265 g/mol. The molecule has 1 rings (SSSR count). The molecule has 1 aromatic rings. The maximum absolute atomic E-state index is 11.2. The number of carboxylic acids is 1. The van der Waals surface area contributed by atoms with Crippen molar-refractivity contribution in [2.24, 2.45) is 0 Å². The summed E-state index contributed by atoms with van der Waals surface area (Å²) in [6.07, 6.45) is 0.110. The summed E-state index contributed by atoms with van der Waals surface area (Å²) in [4.78, 5) is 26.8. The number of aromatic hydroxyl groups is 1. The van der Waals surface area contributed by atoms with Crippen LogP contribution >= 0.6 is 0 Å². The molecule has 0 aliphatic carbocycles. The van der Waals surface area contributed by atoms with Gasteiger partial charge in [-0.15, -0.1) is 5.48 Å². The summed E-state index contributed by atoms with van der Waals surface area (Å²) in [7, 11) is 0. The van der Waals surface area contributed by atoms with Gasteiger partial charge in [0.25, 0.3) is 0 Å². The van der Waals surface area contributed by atoms with E-state index in [1.54, 1.807) is 12.1 Å². The lowest BCUT2D eigenvalue weighted by molar-refractivity contribution is -0.154. The molecule has 0 saturated carbocycles. The van der Waals surface area contributed by atoms with Gasteiger partial charge < -0.3 is 15.1 Å².